The average molecular weight is 270 g/mol. The van der Waals surface area contributed by atoms with Crippen LogP contribution in [0.3, 0.4) is 0 Å². The van der Waals surface area contributed by atoms with Crippen molar-refractivity contribution in [2.75, 3.05) is 13.2 Å². The molecule has 0 spiro atoms. The van der Waals surface area contributed by atoms with Gasteiger partial charge in [-0.05, 0) is 19.3 Å². The summed E-state index contributed by atoms with van der Waals surface area (Å²) in [4.78, 5) is 12.9. The maximum atomic E-state index is 12.5. The van der Waals surface area contributed by atoms with Crippen LogP contribution in [0.2, 0.25) is 0 Å². The number of carbonyl (C=O) groups is 1. The van der Waals surface area contributed by atoms with E-state index in [4.69, 9.17) is 22.7 Å². The second-order valence-corrected chi connectivity index (χ2v) is 5.83. The molecule has 0 radical (unpaired) electrons. The first-order chi connectivity index (χ1) is 8.65. The van der Waals surface area contributed by atoms with Gasteiger partial charge in [-0.3, -0.25) is 4.79 Å². The number of thiocarbonyl (C=S) groups is 1. The molecule has 1 amide bonds. The van der Waals surface area contributed by atoms with Gasteiger partial charge in [0.25, 0.3) is 0 Å². The standard InChI is InChI=1S/C13H22N2O2S/c14-11(18)13(6-3-1-2-4-7-13)12(16)15-10-5-8-17-9-10/h10H,1-9H2,(H2,14,18)(H,15,16). The zero-order valence-corrected chi connectivity index (χ0v) is 11.6. The Kier molecular flexibility index (Phi) is 4.56. The highest BCUT2D eigenvalue weighted by Gasteiger charge is 2.42. The highest BCUT2D eigenvalue weighted by atomic mass is 32.1. The lowest BCUT2D eigenvalue weighted by Crippen LogP contribution is -2.51. The number of hydrogen-bond acceptors (Lipinski definition) is 3. The van der Waals surface area contributed by atoms with Crippen molar-refractivity contribution in [2.24, 2.45) is 11.1 Å². The molecule has 1 saturated heterocycles. The van der Waals surface area contributed by atoms with Crippen molar-refractivity contribution in [1.82, 2.24) is 5.32 Å². The predicted molar refractivity (Wildman–Crippen MR) is 74.3 cm³/mol. The van der Waals surface area contributed by atoms with Gasteiger partial charge in [0.05, 0.1) is 23.1 Å². The van der Waals surface area contributed by atoms with Crippen molar-refractivity contribution in [3.63, 3.8) is 0 Å². The Morgan fingerprint density at radius 3 is 2.44 bits per heavy atom. The fourth-order valence-corrected chi connectivity index (χ4v) is 3.19. The quantitative estimate of drug-likeness (QED) is 0.603. The van der Waals surface area contributed by atoms with Crippen molar-refractivity contribution in [3.8, 4) is 0 Å². The molecular weight excluding hydrogens is 248 g/mol. The van der Waals surface area contributed by atoms with Crippen LogP contribution in [0.5, 0.6) is 0 Å². The highest BCUT2D eigenvalue weighted by molar-refractivity contribution is 7.80. The fraction of sp³-hybridized carbons (Fsp3) is 0.846. The number of carbonyl (C=O) groups excluding carboxylic acids is 1. The van der Waals surface area contributed by atoms with E-state index in [1.807, 2.05) is 0 Å². The molecular formula is C13H22N2O2S. The predicted octanol–water partition coefficient (Wildman–Crippen LogP) is 1.52. The van der Waals surface area contributed by atoms with Gasteiger partial charge in [0, 0.05) is 6.61 Å². The summed E-state index contributed by atoms with van der Waals surface area (Å²) in [6.07, 6.45) is 6.88. The van der Waals surface area contributed by atoms with Crippen LogP contribution in [0.15, 0.2) is 0 Å². The first-order valence-electron chi connectivity index (χ1n) is 6.84. The van der Waals surface area contributed by atoms with Crippen LogP contribution in [0.1, 0.15) is 44.9 Å². The van der Waals surface area contributed by atoms with Crippen LogP contribution in [-0.4, -0.2) is 30.2 Å². The first kappa shape index (κ1) is 13.7. The molecule has 1 aliphatic heterocycles. The van der Waals surface area contributed by atoms with Crippen LogP contribution in [0, 0.1) is 5.41 Å². The fourth-order valence-electron chi connectivity index (χ4n) is 2.89. The Balaban J connectivity index is 2.07. The van der Waals surface area contributed by atoms with Crippen LogP contribution in [-0.2, 0) is 9.53 Å². The largest absolute Gasteiger partial charge is 0.392 e. The lowest BCUT2D eigenvalue weighted by Gasteiger charge is -2.31. The molecule has 1 heterocycles. The van der Waals surface area contributed by atoms with Crippen molar-refractivity contribution >= 4 is 23.1 Å². The first-order valence-corrected chi connectivity index (χ1v) is 7.24. The van der Waals surface area contributed by atoms with Gasteiger partial charge in [0.15, 0.2) is 0 Å². The minimum absolute atomic E-state index is 0.0207. The summed E-state index contributed by atoms with van der Waals surface area (Å²) >= 11 is 5.19. The zero-order valence-electron chi connectivity index (χ0n) is 10.7. The van der Waals surface area contributed by atoms with Gasteiger partial charge >= 0.3 is 0 Å². The molecule has 1 saturated carbocycles. The molecule has 1 aliphatic carbocycles. The Bertz CT molecular complexity index is 319. The Morgan fingerprint density at radius 2 is 1.94 bits per heavy atom. The van der Waals surface area contributed by atoms with E-state index < -0.39 is 5.41 Å². The maximum Gasteiger partial charge on any atom is 0.233 e. The monoisotopic (exact) mass is 270 g/mol. The molecule has 18 heavy (non-hydrogen) atoms. The topological polar surface area (TPSA) is 64.4 Å². The summed E-state index contributed by atoms with van der Waals surface area (Å²) in [7, 11) is 0. The molecule has 4 nitrogen and oxygen atoms in total. The second kappa shape index (κ2) is 5.97. The molecule has 2 aliphatic rings. The van der Waals surface area contributed by atoms with E-state index in [2.05, 4.69) is 5.32 Å². The number of hydrogen-bond donors (Lipinski definition) is 2. The molecule has 102 valence electrons. The third-order valence-corrected chi connectivity index (χ3v) is 4.52. The van der Waals surface area contributed by atoms with Crippen LogP contribution < -0.4 is 11.1 Å². The van der Waals surface area contributed by atoms with Gasteiger partial charge in [0.2, 0.25) is 5.91 Å². The van der Waals surface area contributed by atoms with Crippen LogP contribution in [0.25, 0.3) is 0 Å². The van der Waals surface area contributed by atoms with Gasteiger partial charge in [0.1, 0.15) is 0 Å². The van der Waals surface area contributed by atoms with E-state index in [1.165, 1.54) is 12.8 Å². The van der Waals surface area contributed by atoms with E-state index in [1.54, 1.807) is 0 Å². The lowest BCUT2D eigenvalue weighted by atomic mass is 9.79. The zero-order chi connectivity index (χ0) is 13.0. The van der Waals surface area contributed by atoms with Crippen molar-refractivity contribution in [3.05, 3.63) is 0 Å². The molecule has 5 heteroatoms. The van der Waals surface area contributed by atoms with E-state index in [9.17, 15) is 4.79 Å². The maximum absolute atomic E-state index is 12.5. The van der Waals surface area contributed by atoms with Gasteiger partial charge in [-0.25, -0.2) is 0 Å². The van der Waals surface area contributed by atoms with Crippen LogP contribution in [0.4, 0.5) is 0 Å². The molecule has 3 N–H and O–H groups in total. The minimum Gasteiger partial charge on any atom is -0.392 e. The molecule has 0 aromatic heterocycles. The third-order valence-electron chi connectivity index (χ3n) is 4.13. The molecule has 0 aromatic carbocycles. The van der Waals surface area contributed by atoms with Crippen LogP contribution >= 0.6 is 12.2 Å². The molecule has 1 atom stereocenters. The molecule has 2 fully saturated rings. The molecule has 0 bridgehead atoms. The van der Waals surface area contributed by atoms with Crippen molar-refractivity contribution < 1.29 is 9.53 Å². The summed E-state index contributed by atoms with van der Waals surface area (Å²) in [6.45, 7) is 1.34. The smallest absolute Gasteiger partial charge is 0.233 e. The normalized spacial score (nSPS) is 27.4. The van der Waals surface area contributed by atoms with Crippen molar-refractivity contribution in [1.29, 1.82) is 0 Å². The third kappa shape index (κ3) is 2.83. The lowest BCUT2D eigenvalue weighted by molar-refractivity contribution is -0.128. The van der Waals surface area contributed by atoms with Gasteiger partial charge in [-0.1, -0.05) is 37.9 Å². The van der Waals surface area contributed by atoms with Crippen molar-refractivity contribution in [2.45, 2.75) is 51.0 Å². The number of ether oxygens (including phenoxy) is 1. The number of rotatable bonds is 3. The van der Waals surface area contributed by atoms with Gasteiger partial charge in [-0.2, -0.15) is 0 Å². The second-order valence-electron chi connectivity index (χ2n) is 5.39. The molecule has 0 aromatic rings. The number of nitrogens with one attached hydrogen (secondary N) is 1. The summed E-state index contributed by atoms with van der Waals surface area (Å²) in [5.74, 6) is 0.0207. The van der Waals surface area contributed by atoms with Gasteiger partial charge < -0.3 is 15.8 Å². The average Bonchev–Trinajstić information content (AvgIpc) is 2.70. The Hall–Kier alpha value is -0.680. The number of amides is 1. The summed E-state index contributed by atoms with van der Waals surface area (Å²) < 4.78 is 5.28. The summed E-state index contributed by atoms with van der Waals surface area (Å²) in [6, 6.07) is 0.131. The minimum atomic E-state index is -0.617. The van der Waals surface area contributed by atoms with E-state index in [0.29, 0.717) is 11.6 Å². The molecule has 2 rings (SSSR count). The SMILES string of the molecule is NC(=S)C1(C(=O)NC2CCOC2)CCCCCC1. The summed E-state index contributed by atoms with van der Waals surface area (Å²) in [5.41, 5.74) is 5.27. The summed E-state index contributed by atoms with van der Waals surface area (Å²) in [5, 5.41) is 3.07. The Morgan fingerprint density at radius 1 is 1.28 bits per heavy atom. The Labute approximate surface area is 114 Å². The molecule has 1 unspecified atom stereocenters. The van der Waals surface area contributed by atoms with Gasteiger partial charge in [-0.15, -0.1) is 0 Å². The van der Waals surface area contributed by atoms with E-state index in [0.717, 1.165) is 38.7 Å². The van der Waals surface area contributed by atoms with E-state index in [-0.39, 0.29) is 11.9 Å². The highest BCUT2D eigenvalue weighted by Crippen LogP contribution is 2.36. The number of nitrogens with two attached hydrogens (primary N) is 1. The van der Waals surface area contributed by atoms with E-state index >= 15 is 0 Å².